The van der Waals surface area contributed by atoms with Gasteiger partial charge in [-0.2, -0.15) is 5.10 Å². The minimum Gasteiger partial charge on any atom is -0.493 e. The first-order valence-electron chi connectivity index (χ1n) is 9.69. The molecule has 0 unspecified atom stereocenters. The van der Waals surface area contributed by atoms with Crippen molar-refractivity contribution < 1.29 is 13.9 Å². The molecule has 1 aliphatic heterocycles. The highest BCUT2D eigenvalue weighted by atomic mass is 19.1. The van der Waals surface area contributed by atoms with Gasteiger partial charge in [0.1, 0.15) is 5.82 Å². The van der Waals surface area contributed by atoms with Gasteiger partial charge in [0.15, 0.2) is 17.3 Å². The van der Waals surface area contributed by atoms with Crippen LogP contribution in [0.25, 0.3) is 11.1 Å². The molecule has 2 aromatic carbocycles. The number of rotatable bonds is 5. The molecule has 0 amide bonds. The van der Waals surface area contributed by atoms with E-state index in [-0.39, 0.29) is 11.9 Å². The zero-order chi connectivity index (χ0) is 20.5. The fourth-order valence-electron chi connectivity index (χ4n) is 3.87. The molecule has 0 saturated carbocycles. The molecule has 1 aromatic heterocycles. The largest absolute Gasteiger partial charge is 0.493 e. The predicted octanol–water partition coefficient (Wildman–Crippen LogP) is 5.35. The van der Waals surface area contributed by atoms with Crippen molar-refractivity contribution >= 4 is 11.5 Å². The zero-order valence-electron chi connectivity index (χ0n) is 17.1. The molecule has 0 aliphatic carbocycles. The molecule has 2 heterocycles. The average molecular weight is 393 g/mol. The number of nitrogens with zero attached hydrogens (tertiary/aromatic N) is 3. The summed E-state index contributed by atoms with van der Waals surface area (Å²) in [5.74, 6) is 1.94. The molecular weight excluding hydrogens is 369 g/mol. The fourth-order valence-corrected chi connectivity index (χ4v) is 3.87. The molecule has 0 fully saturated rings. The van der Waals surface area contributed by atoms with Crippen molar-refractivity contribution in [2.24, 2.45) is 4.99 Å². The molecule has 5 nitrogen and oxygen atoms in total. The summed E-state index contributed by atoms with van der Waals surface area (Å²) < 4.78 is 26.3. The number of hydrogen-bond donors (Lipinski definition) is 0. The molecule has 0 spiro atoms. The van der Waals surface area contributed by atoms with Crippen LogP contribution in [0.2, 0.25) is 0 Å². The van der Waals surface area contributed by atoms with Crippen LogP contribution in [0.15, 0.2) is 47.5 Å². The van der Waals surface area contributed by atoms with E-state index in [1.54, 1.807) is 26.4 Å². The number of ether oxygens (including phenoxy) is 2. The monoisotopic (exact) mass is 393 g/mol. The Bertz CT molecular complexity index is 1070. The van der Waals surface area contributed by atoms with Crippen LogP contribution in [0.4, 0.5) is 10.2 Å². The number of aryl methyl sites for hydroxylation is 1. The van der Waals surface area contributed by atoms with Crippen LogP contribution in [0, 0.1) is 5.82 Å². The van der Waals surface area contributed by atoms with Crippen LogP contribution in [0.1, 0.15) is 37.6 Å². The number of fused-ring (bicyclic) bond motifs is 1. The summed E-state index contributed by atoms with van der Waals surface area (Å²) in [4.78, 5) is 4.83. The molecule has 0 N–H and O–H groups in total. The van der Waals surface area contributed by atoms with Gasteiger partial charge < -0.3 is 9.47 Å². The molecule has 1 aliphatic rings. The maximum atomic E-state index is 13.5. The van der Waals surface area contributed by atoms with E-state index in [0.29, 0.717) is 11.5 Å². The van der Waals surface area contributed by atoms with E-state index in [9.17, 15) is 4.39 Å². The summed E-state index contributed by atoms with van der Waals surface area (Å²) in [7, 11) is 3.26. The maximum absolute atomic E-state index is 13.5. The first-order valence-corrected chi connectivity index (χ1v) is 9.69. The highest BCUT2D eigenvalue weighted by molar-refractivity contribution is 5.90. The van der Waals surface area contributed by atoms with Crippen LogP contribution in [0.5, 0.6) is 11.5 Å². The Labute approximate surface area is 169 Å². The summed E-state index contributed by atoms with van der Waals surface area (Å²) >= 11 is 0. The minimum absolute atomic E-state index is 0.00167. The van der Waals surface area contributed by atoms with Crippen molar-refractivity contribution in [1.29, 1.82) is 0 Å². The van der Waals surface area contributed by atoms with Gasteiger partial charge >= 0.3 is 0 Å². The highest BCUT2D eigenvalue weighted by Gasteiger charge is 2.29. The lowest BCUT2D eigenvalue weighted by molar-refractivity contribution is 0.353. The second-order valence-electron chi connectivity index (χ2n) is 7.13. The molecule has 0 saturated heterocycles. The fraction of sp³-hybridized carbons (Fsp3) is 0.304. The lowest BCUT2D eigenvalue weighted by Crippen LogP contribution is -2.19. The van der Waals surface area contributed by atoms with E-state index < -0.39 is 0 Å². The smallest absolute Gasteiger partial charge is 0.161 e. The van der Waals surface area contributed by atoms with Gasteiger partial charge in [0.25, 0.3) is 0 Å². The van der Waals surface area contributed by atoms with Crippen LogP contribution in [-0.4, -0.2) is 29.7 Å². The molecule has 4 rings (SSSR count). The maximum Gasteiger partial charge on any atom is 0.161 e. The van der Waals surface area contributed by atoms with Crippen LogP contribution >= 0.6 is 0 Å². The number of aliphatic imine (C=N–C) groups is 1. The molecule has 3 aromatic rings. The molecule has 0 radical (unpaired) electrons. The first-order chi connectivity index (χ1) is 14.0. The minimum atomic E-state index is -0.254. The number of halogens is 1. The lowest BCUT2D eigenvalue weighted by atomic mass is 9.98. The molecule has 1 atom stereocenters. The normalized spacial score (nSPS) is 15.6. The van der Waals surface area contributed by atoms with Gasteiger partial charge in [-0.3, -0.25) is 0 Å². The van der Waals surface area contributed by atoms with Crippen molar-refractivity contribution in [1.82, 2.24) is 9.78 Å². The number of hydrogen-bond acceptors (Lipinski definition) is 4. The molecule has 0 bridgehead atoms. The molecule has 150 valence electrons. The number of benzene rings is 2. The standard InChI is InChI=1S/C23H24FN3O2/c1-5-18-22(15-6-9-17(24)10-7-15)23-25-14(2)12-19(27(23)26-18)16-8-11-20(28-3)21(13-16)29-4/h6-11,13,19H,5,12H2,1-4H3/t19-/m0/s1. The number of aromatic nitrogens is 2. The number of methoxy groups -OCH3 is 2. The summed E-state index contributed by atoms with van der Waals surface area (Å²) in [6, 6.07) is 12.5. The zero-order valence-corrected chi connectivity index (χ0v) is 17.1. The van der Waals surface area contributed by atoms with Gasteiger partial charge in [0.05, 0.1) is 26.0 Å². The van der Waals surface area contributed by atoms with Gasteiger partial charge in [0.2, 0.25) is 0 Å². The van der Waals surface area contributed by atoms with E-state index in [4.69, 9.17) is 19.6 Å². The Kier molecular flexibility index (Phi) is 5.09. The second kappa shape index (κ2) is 7.70. The molecule has 29 heavy (non-hydrogen) atoms. The average Bonchev–Trinajstić information content (AvgIpc) is 3.11. The van der Waals surface area contributed by atoms with E-state index >= 15 is 0 Å². The van der Waals surface area contributed by atoms with Gasteiger partial charge in [-0.25, -0.2) is 14.1 Å². The molecule has 6 heteroatoms. The van der Waals surface area contributed by atoms with Crippen molar-refractivity contribution in [3.63, 3.8) is 0 Å². The van der Waals surface area contributed by atoms with Crippen molar-refractivity contribution in [3.8, 4) is 22.6 Å². The Hall–Kier alpha value is -3.15. The lowest BCUT2D eigenvalue weighted by Gasteiger charge is -2.24. The SMILES string of the molecule is CCc1nn2c(c1-c1ccc(F)cc1)N=C(C)C[C@H]2c1ccc(OC)c(OC)c1. The van der Waals surface area contributed by atoms with Crippen LogP contribution < -0.4 is 9.47 Å². The van der Waals surface area contributed by atoms with Crippen molar-refractivity contribution in [2.75, 3.05) is 14.2 Å². The van der Waals surface area contributed by atoms with Crippen LogP contribution in [0.3, 0.4) is 0 Å². The third-order valence-electron chi connectivity index (χ3n) is 5.30. The van der Waals surface area contributed by atoms with Crippen molar-refractivity contribution in [2.45, 2.75) is 32.7 Å². The Morgan fingerprint density at radius 3 is 2.45 bits per heavy atom. The van der Waals surface area contributed by atoms with Gasteiger partial charge in [-0.15, -0.1) is 0 Å². The van der Waals surface area contributed by atoms with E-state index in [2.05, 4.69) is 6.92 Å². The van der Waals surface area contributed by atoms with E-state index in [1.807, 2.05) is 29.8 Å². The summed E-state index contributed by atoms with van der Waals surface area (Å²) in [6.07, 6.45) is 1.52. The third kappa shape index (κ3) is 3.39. The van der Waals surface area contributed by atoms with Crippen molar-refractivity contribution in [3.05, 3.63) is 59.5 Å². The van der Waals surface area contributed by atoms with Crippen LogP contribution in [-0.2, 0) is 6.42 Å². The summed E-state index contributed by atoms with van der Waals surface area (Å²) in [6.45, 7) is 4.10. The van der Waals surface area contributed by atoms with Gasteiger partial charge in [-0.05, 0) is 48.7 Å². The Morgan fingerprint density at radius 2 is 1.79 bits per heavy atom. The predicted molar refractivity (Wildman–Crippen MR) is 112 cm³/mol. The second-order valence-corrected chi connectivity index (χ2v) is 7.13. The van der Waals surface area contributed by atoms with Gasteiger partial charge in [-0.1, -0.05) is 25.1 Å². The quantitative estimate of drug-likeness (QED) is 0.587. The Balaban J connectivity index is 1.87. The molecular formula is C23H24FN3O2. The Morgan fingerprint density at radius 1 is 1.07 bits per heavy atom. The van der Waals surface area contributed by atoms with Gasteiger partial charge in [0, 0.05) is 17.7 Å². The topological polar surface area (TPSA) is 48.6 Å². The first kappa shape index (κ1) is 19.2. The third-order valence-corrected chi connectivity index (χ3v) is 5.30. The summed E-state index contributed by atoms with van der Waals surface area (Å²) in [5.41, 5.74) is 4.96. The summed E-state index contributed by atoms with van der Waals surface area (Å²) in [5, 5.41) is 4.90. The highest BCUT2D eigenvalue weighted by Crippen LogP contribution is 2.42. The van der Waals surface area contributed by atoms with E-state index in [1.165, 1.54) is 12.1 Å². The van der Waals surface area contributed by atoms with E-state index in [0.717, 1.165) is 46.8 Å².